The minimum Gasteiger partial charge on any atom is -0.506 e. The van der Waals surface area contributed by atoms with Crippen molar-refractivity contribution >= 4 is 57.1 Å². The van der Waals surface area contributed by atoms with Gasteiger partial charge in [-0.25, -0.2) is 4.79 Å². The second-order valence-electron chi connectivity index (χ2n) is 4.27. The highest BCUT2D eigenvalue weighted by molar-refractivity contribution is 14.1. The summed E-state index contributed by atoms with van der Waals surface area (Å²) < 4.78 is 1.33. The van der Waals surface area contributed by atoms with Crippen molar-refractivity contribution in [2.24, 2.45) is 0 Å². The number of amides is 1. The molecule has 0 aliphatic carbocycles. The Kier molecular flexibility index (Phi) is 6.49. The first-order valence-corrected chi connectivity index (χ1v) is 8.10. The average molecular weight is 503 g/mol. The quantitative estimate of drug-likeness (QED) is 0.606. The van der Waals surface area contributed by atoms with E-state index < -0.39 is 12.0 Å². The van der Waals surface area contributed by atoms with Gasteiger partial charge in [-0.3, -0.25) is 4.79 Å². The molecule has 2 N–H and O–H groups in total. The third kappa shape index (κ3) is 4.21. The Labute approximate surface area is 144 Å². The average Bonchev–Trinajstić information content (AvgIpc) is 2.34. The minimum atomic E-state index is -1.03. The van der Waals surface area contributed by atoms with Gasteiger partial charge in [-0.15, -0.1) is 0 Å². The highest BCUT2D eigenvalue weighted by atomic mass is 127. The molecular weight excluding hydrogens is 488 g/mol. The number of phenolic OH excluding ortho intramolecular Hbond substituents is 1. The summed E-state index contributed by atoms with van der Waals surface area (Å²) in [6.45, 7) is 3.46. The number of benzene rings is 1. The number of phenols is 1. The predicted molar refractivity (Wildman–Crippen MR) is 91.7 cm³/mol. The number of carbonyl (C=O) groups is 2. The molecule has 0 fully saturated rings. The topological polar surface area (TPSA) is 77.8 Å². The molecule has 0 saturated carbocycles. The van der Waals surface area contributed by atoms with E-state index >= 15 is 0 Å². The second kappa shape index (κ2) is 7.43. The van der Waals surface area contributed by atoms with Crippen LogP contribution in [0.15, 0.2) is 12.1 Å². The molecule has 5 nitrogen and oxygen atoms in total. The zero-order valence-corrected chi connectivity index (χ0v) is 15.4. The highest BCUT2D eigenvalue weighted by Gasteiger charge is 2.27. The molecule has 0 aliphatic rings. The molecule has 0 aromatic heterocycles. The fraction of sp³-hybridized carbons (Fsp3) is 0.385. The fourth-order valence-electron chi connectivity index (χ4n) is 1.95. The largest absolute Gasteiger partial charge is 0.506 e. The molecule has 1 rings (SSSR count). The van der Waals surface area contributed by atoms with E-state index in [1.54, 1.807) is 19.1 Å². The molecule has 1 aromatic rings. The van der Waals surface area contributed by atoms with E-state index in [2.05, 4.69) is 0 Å². The van der Waals surface area contributed by atoms with E-state index in [1.807, 2.05) is 45.2 Å². The van der Waals surface area contributed by atoms with E-state index in [0.29, 0.717) is 13.7 Å². The molecule has 1 atom stereocenters. The molecule has 7 heteroatoms. The van der Waals surface area contributed by atoms with Crippen LogP contribution >= 0.6 is 45.2 Å². The smallest absolute Gasteiger partial charge is 0.326 e. The van der Waals surface area contributed by atoms with Crippen LogP contribution in [-0.2, 0) is 16.0 Å². The maximum absolute atomic E-state index is 11.5. The van der Waals surface area contributed by atoms with Gasteiger partial charge in [0.25, 0.3) is 0 Å². The number of nitrogens with zero attached hydrogens (tertiary/aromatic N) is 1. The summed E-state index contributed by atoms with van der Waals surface area (Å²) >= 11 is 3.99. The maximum atomic E-state index is 11.5. The number of rotatable bonds is 5. The fourth-order valence-corrected chi connectivity index (χ4v) is 3.85. The van der Waals surface area contributed by atoms with Gasteiger partial charge < -0.3 is 15.1 Å². The second-order valence-corrected chi connectivity index (χ2v) is 6.60. The number of likely N-dealkylation sites (N-methyl/N-ethyl adjacent to an activating group) is 1. The van der Waals surface area contributed by atoms with Crippen LogP contribution in [-0.4, -0.2) is 39.6 Å². The maximum Gasteiger partial charge on any atom is 0.326 e. The van der Waals surface area contributed by atoms with Gasteiger partial charge in [-0.1, -0.05) is 0 Å². The van der Waals surface area contributed by atoms with Gasteiger partial charge in [0, 0.05) is 19.9 Å². The van der Waals surface area contributed by atoms with Crippen LogP contribution in [0.3, 0.4) is 0 Å². The molecule has 20 heavy (non-hydrogen) atoms. The first kappa shape index (κ1) is 17.5. The van der Waals surface area contributed by atoms with Crippen molar-refractivity contribution in [1.29, 1.82) is 0 Å². The molecule has 0 aliphatic heterocycles. The first-order valence-electron chi connectivity index (χ1n) is 5.94. The van der Waals surface area contributed by atoms with E-state index in [-0.39, 0.29) is 18.1 Å². The Balaban J connectivity index is 3.08. The van der Waals surface area contributed by atoms with Crippen molar-refractivity contribution in [3.63, 3.8) is 0 Å². The zero-order valence-electron chi connectivity index (χ0n) is 11.1. The van der Waals surface area contributed by atoms with Gasteiger partial charge in [-0.05, 0) is 69.8 Å². The van der Waals surface area contributed by atoms with Crippen LogP contribution in [0.4, 0.5) is 0 Å². The standard InChI is InChI=1S/C13H15I2NO4/c1-3-16(7(2)17)11(13(19)20)6-8-4-9(14)12(18)10(15)5-8/h4-5,11,18H,3,6H2,1-2H3,(H,19,20)/t11-/m0/s1. The number of carboxylic acid groups (broad SMARTS) is 1. The van der Waals surface area contributed by atoms with Gasteiger partial charge >= 0.3 is 5.97 Å². The molecule has 0 unspecified atom stereocenters. The number of hydrogen-bond donors (Lipinski definition) is 2. The Bertz CT molecular complexity index is 510. The van der Waals surface area contributed by atoms with Crippen LogP contribution in [0.2, 0.25) is 0 Å². The number of aromatic hydroxyl groups is 1. The van der Waals surface area contributed by atoms with E-state index in [9.17, 15) is 19.8 Å². The first-order chi connectivity index (χ1) is 9.27. The number of carboxylic acids is 1. The summed E-state index contributed by atoms with van der Waals surface area (Å²) in [5, 5.41) is 19.1. The van der Waals surface area contributed by atoms with Crippen molar-refractivity contribution in [1.82, 2.24) is 4.90 Å². The Morgan fingerprint density at radius 1 is 1.30 bits per heavy atom. The van der Waals surface area contributed by atoms with Gasteiger partial charge in [-0.2, -0.15) is 0 Å². The molecule has 0 bridgehead atoms. The van der Waals surface area contributed by atoms with Crippen molar-refractivity contribution < 1.29 is 19.8 Å². The Morgan fingerprint density at radius 3 is 2.15 bits per heavy atom. The lowest BCUT2D eigenvalue weighted by molar-refractivity contribution is -0.149. The van der Waals surface area contributed by atoms with Crippen LogP contribution in [0.5, 0.6) is 5.75 Å². The summed E-state index contributed by atoms with van der Waals surface area (Å²) in [5.41, 5.74) is 0.781. The number of hydrogen-bond acceptors (Lipinski definition) is 3. The predicted octanol–water partition coefficient (Wildman–Crippen LogP) is 2.47. The molecule has 1 amide bonds. The summed E-state index contributed by atoms with van der Waals surface area (Å²) in [6.07, 6.45) is 0.217. The van der Waals surface area contributed by atoms with Crippen LogP contribution in [0, 0.1) is 7.14 Å². The molecule has 1 aromatic carbocycles. The number of aliphatic carboxylic acids is 1. The molecule has 0 heterocycles. The normalized spacial score (nSPS) is 12.0. The lowest BCUT2D eigenvalue weighted by atomic mass is 10.0. The lowest BCUT2D eigenvalue weighted by Crippen LogP contribution is -2.45. The van der Waals surface area contributed by atoms with Gasteiger partial charge in [0.2, 0.25) is 5.91 Å². The summed E-state index contributed by atoms with van der Waals surface area (Å²) in [5.74, 6) is -1.09. The minimum absolute atomic E-state index is 0.195. The third-order valence-electron chi connectivity index (χ3n) is 2.91. The third-order valence-corrected chi connectivity index (χ3v) is 4.56. The zero-order chi connectivity index (χ0) is 15.4. The van der Waals surface area contributed by atoms with Gasteiger partial charge in [0.05, 0.1) is 7.14 Å². The van der Waals surface area contributed by atoms with Crippen molar-refractivity contribution in [3.8, 4) is 5.75 Å². The summed E-state index contributed by atoms with van der Waals surface area (Å²) in [4.78, 5) is 24.2. The lowest BCUT2D eigenvalue weighted by Gasteiger charge is -2.26. The molecule has 0 spiro atoms. The highest BCUT2D eigenvalue weighted by Crippen LogP contribution is 2.28. The number of halogens is 2. The molecule has 110 valence electrons. The van der Waals surface area contributed by atoms with Crippen molar-refractivity contribution in [2.75, 3.05) is 6.54 Å². The Morgan fingerprint density at radius 2 is 1.80 bits per heavy atom. The monoisotopic (exact) mass is 503 g/mol. The van der Waals surface area contributed by atoms with Gasteiger partial charge in [0.1, 0.15) is 11.8 Å². The summed E-state index contributed by atoms with van der Waals surface area (Å²) in [6, 6.07) is 2.58. The Hall–Kier alpha value is -0.580. The van der Waals surface area contributed by atoms with Crippen LogP contribution < -0.4 is 0 Å². The van der Waals surface area contributed by atoms with Crippen LogP contribution in [0.25, 0.3) is 0 Å². The van der Waals surface area contributed by atoms with Crippen molar-refractivity contribution in [3.05, 3.63) is 24.8 Å². The van der Waals surface area contributed by atoms with Crippen LogP contribution in [0.1, 0.15) is 19.4 Å². The van der Waals surface area contributed by atoms with E-state index in [4.69, 9.17) is 0 Å². The van der Waals surface area contributed by atoms with Crippen molar-refractivity contribution in [2.45, 2.75) is 26.3 Å². The van der Waals surface area contributed by atoms with Gasteiger partial charge in [0.15, 0.2) is 0 Å². The summed E-state index contributed by atoms with van der Waals surface area (Å²) in [7, 11) is 0. The molecular formula is C13H15I2NO4. The van der Waals surface area contributed by atoms with E-state index in [1.165, 1.54) is 11.8 Å². The number of carbonyl (C=O) groups excluding carboxylic acids is 1. The SMILES string of the molecule is CCN(C(C)=O)[C@@H](Cc1cc(I)c(O)c(I)c1)C(=O)O. The molecule has 0 saturated heterocycles. The molecule has 0 radical (unpaired) electrons. The van der Waals surface area contributed by atoms with E-state index in [0.717, 1.165) is 5.56 Å².